The number of hydrogen-bond donors (Lipinski definition) is 2. The Morgan fingerprint density at radius 3 is 3.05 bits per heavy atom. The van der Waals surface area contributed by atoms with E-state index in [0.717, 1.165) is 42.3 Å². The third-order valence-electron chi connectivity index (χ3n) is 3.96. The highest BCUT2D eigenvalue weighted by molar-refractivity contribution is 7.98. The van der Waals surface area contributed by atoms with Crippen molar-refractivity contribution in [3.63, 3.8) is 0 Å². The van der Waals surface area contributed by atoms with E-state index in [2.05, 4.69) is 15.3 Å². The molecule has 1 aromatic heterocycles. The number of thioether (sulfide) groups is 1. The molecule has 2 N–H and O–H groups in total. The molecule has 1 aliphatic rings. The minimum atomic E-state index is -0.0590. The van der Waals surface area contributed by atoms with Crippen LogP contribution in [0.5, 0.6) is 0 Å². The Kier molecular flexibility index (Phi) is 6.30. The molecule has 122 valence electrons. The van der Waals surface area contributed by atoms with E-state index in [1.165, 1.54) is 0 Å². The van der Waals surface area contributed by atoms with Crippen LogP contribution >= 0.6 is 11.8 Å². The van der Waals surface area contributed by atoms with Crippen LogP contribution in [0.3, 0.4) is 0 Å². The number of rotatable bonds is 6. The van der Waals surface area contributed by atoms with Crippen molar-refractivity contribution in [3.8, 4) is 0 Å². The van der Waals surface area contributed by atoms with E-state index in [4.69, 9.17) is 0 Å². The second-order valence-corrected chi connectivity index (χ2v) is 6.73. The second kappa shape index (κ2) is 8.22. The summed E-state index contributed by atoms with van der Waals surface area (Å²) in [4.78, 5) is 32.6. The smallest absolute Gasteiger partial charge is 0.224 e. The number of hydrogen-bond acceptors (Lipinski definition) is 4. The summed E-state index contributed by atoms with van der Waals surface area (Å²) in [6, 6.07) is 0. The Bertz CT molecular complexity index is 517. The van der Waals surface area contributed by atoms with Gasteiger partial charge in [-0.25, -0.2) is 4.98 Å². The maximum absolute atomic E-state index is 12.1. The van der Waals surface area contributed by atoms with Crippen molar-refractivity contribution < 1.29 is 9.59 Å². The molecule has 1 unspecified atom stereocenters. The number of amides is 2. The molecule has 1 saturated heterocycles. The highest BCUT2D eigenvalue weighted by atomic mass is 32.2. The largest absolute Gasteiger partial charge is 0.355 e. The Hall–Kier alpha value is -1.50. The zero-order valence-corrected chi connectivity index (χ0v) is 14.0. The van der Waals surface area contributed by atoms with Gasteiger partial charge in [-0.05, 0) is 19.8 Å². The van der Waals surface area contributed by atoms with Crippen LogP contribution in [0.4, 0.5) is 0 Å². The van der Waals surface area contributed by atoms with Crippen molar-refractivity contribution in [2.24, 2.45) is 5.92 Å². The second-order valence-electron chi connectivity index (χ2n) is 5.62. The number of aromatic amines is 1. The predicted molar refractivity (Wildman–Crippen MR) is 87.5 cm³/mol. The van der Waals surface area contributed by atoms with Crippen LogP contribution < -0.4 is 5.32 Å². The van der Waals surface area contributed by atoms with Crippen molar-refractivity contribution in [3.05, 3.63) is 17.7 Å². The third kappa shape index (κ3) is 4.76. The summed E-state index contributed by atoms with van der Waals surface area (Å²) < 4.78 is 0. The lowest BCUT2D eigenvalue weighted by Crippen LogP contribution is -2.45. The summed E-state index contributed by atoms with van der Waals surface area (Å²) in [6.07, 6.45) is 3.48. The Labute approximate surface area is 135 Å². The molecule has 1 fully saturated rings. The maximum atomic E-state index is 12.1. The summed E-state index contributed by atoms with van der Waals surface area (Å²) in [5.74, 6) is 1.79. The third-order valence-corrected chi connectivity index (χ3v) is 4.93. The van der Waals surface area contributed by atoms with Crippen LogP contribution in [-0.4, -0.2) is 52.1 Å². The van der Waals surface area contributed by atoms with Gasteiger partial charge < -0.3 is 15.2 Å². The first-order valence-electron chi connectivity index (χ1n) is 7.67. The van der Waals surface area contributed by atoms with Gasteiger partial charge in [0.15, 0.2) is 0 Å². The Balaban J connectivity index is 1.63. The molecule has 6 nitrogen and oxygen atoms in total. The zero-order chi connectivity index (χ0) is 15.9. The number of likely N-dealkylation sites (tertiary alicyclic amines) is 1. The van der Waals surface area contributed by atoms with Gasteiger partial charge in [0.2, 0.25) is 11.8 Å². The fourth-order valence-corrected chi connectivity index (χ4v) is 3.44. The highest BCUT2D eigenvalue weighted by Crippen LogP contribution is 2.17. The Morgan fingerprint density at radius 1 is 1.55 bits per heavy atom. The number of nitrogens with one attached hydrogen (secondary N) is 2. The molecule has 2 rings (SSSR count). The fraction of sp³-hybridized carbons (Fsp3) is 0.667. The van der Waals surface area contributed by atoms with Gasteiger partial charge >= 0.3 is 0 Å². The average Bonchev–Trinajstić information content (AvgIpc) is 2.92. The lowest BCUT2D eigenvalue weighted by molar-refractivity contribution is -0.133. The molecule has 2 amide bonds. The van der Waals surface area contributed by atoms with Gasteiger partial charge in [0.05, 0.1) is 17.9 Å². The van der Waals surface area contributed by atoms with E-state index < -0.39 is 0 Å². The number of carbonyl (C=O) groups excluding carboxylic acids is 2. The topological polar surface area (TPSA) is 78.1 Å². The number of nitrogens with zero attached hydrogens (tertiary/aromatic N) is 2. The van der Waals surface area contributed by atoms with Crippen molar-refractivity contribution in [2.75, 3.05) is 25.4 Å². The standard InChI is InChI=1S/C15H24N4O2S/c1-11-14(18-10-17-11)9-22-7-5-16-15(21)13-4-3-6-19(8-13)12(2)20/h10,13H,3-9H2,1-2H3,(H,16,21)(H,17,18). The van der Waals surface area contributed by atoms with Crippen molar-refractivity contribution >= 4 is 23.6 Å². The summed E-state index contributed by atoms with van der Waals surface area (Å²) >= 11 is 1.76. The number of aryl methyl sites for hydroxylation is 1. The molecule has 1 aromatic rings. The molecule has 0 radical (unpaired) electrons. The van der Waals surface area contributed by atoms with E-state index >= 15 is 0 Å². The average molecular weight is 324 g/mol. The molecule has 1 aliphatic heterocycles. The molecule has 1 atom stereocenters. The van der Waals surface area contributed by atoms with E-state index in [9.17, 15) is 9.59 Å². The van der Waals surface area contributed by atoms with Gasteiger partial charge in [0.25, 0.3) is 0 Å². The first-order chi connectivity index (χ1) is 10.6. The number of aromatic nitrogens is 2. The summed E-state index contributed by atoms with van der Waals surface area (Å²) in [5.41, 5.74) is 2.17. The molecule has 22 heavy (non-hydrogen) atoms. The summed E-state index contributed by atoms with van der Waals surface area (Å²) in [7, 11) is 0. The number of imidazole rings is 1. The van der Waals surface area contributed by atoms with Crippen LogP contribution in [0.15, 0.2) is 6.33 Å². The van der Waals surface area contributed by atoms with Gasteiger partial charge in [0, 0.05) is 43.8 Å². The monoisotopic (exact) mass is 324 g/mol. The van der Waals surface area contributed by atoms with Crippen molar-refractivity contribution in [1.82, 2.24) is 20.2 Å². The van der Waals surface area contributed by atoms with E-state index in [-0.39, 0.29) is 17.7 Å². The normalized spacial score (nSPS) is 18.3. The molecule has 0 spiro atoms. The van der Waals surface area contributed by atoms with Crippen LogP contribution in [-0.2, 0) is 15.3 Å². The zero-order valence-electron chi connectivity index (χ0n) is 13.2. The van der Waals surface area contributed by atoms with Gasteiger partial charge in [-0.1, -0.05) is 0 Å². The fourth-order valence-electron chi connectivity index (χ4n) is 2.57. The Morgan fingerprint density at radius 2 is 2.36 bits per heavy atom. The number of H-pyrrole nitrogens is 1. The molecular formula is C15H24N4O2S. The van der Waals surface area contributed by atoms with Crippen LogP contribution in [0.2, 0.25) is 0 Å². The van der Waals surface area contributed by atoms with E-state index in [0.29, 0.717) is 13.1 Å². The molecule has 0 saturated carbocycles. The van der Waals surface area contributed by atoms with Crippen molar-refractivity contribution in [1.29, 1.82) is 0 Å². The van der Waals surface area contributed by atoms with E-state index in [1.807, 2.05) is 6.92 Å². The summed E-state index contributed by atoms with van der Waals surface area (Å²) in [6.45, 7) is 5.56. The first kappa shape index (κ1) is 16.9. The molecule has 0 bridgehead atoms. The molecular weight excluding hydrogens is 300 g/mol. The lowest BCUT2D eigenvalue weighted by Gasteiger charge is -2.31. The maximum Gasteiger partial charge on any atom is 0.224 e. The van der Waals surface area contributed by atoms with Gasteiger partial charge in [-0.3, -0.25) is 9.59 Å². The van der Waals surface area contributed by atoms with Gasteiger partial charge in [-0.2, -0.15) is 11.8 Å². The lowest BCUT2D eigenvalue weighted by atomic mass is 9.97. The number of carbonyl (C=O) groups is 2. The molecule has 0 aromatic carbocycles. The molecule has 2 heterocycles. The van der Waals surface area contributed by atoms with Crippen molar-refractivity contribution in [2.45, 2.75) is 32.4 Å². The molecule has 0 aliphatic carbocycles. The van der Waals surface area contributed by atoms with Crippen LogP contribution in [0, 0.1) is 12.8 Å². The van der Waals surface area contributed by atoms with Crippen LogP contribution in [0.1, 0.15) is 31.2 Å². The predicted octanol–water partition coefficient (Wildman–Crippen LogP) is 1.33. The molecule has 7 heteroatoms. The number of piperidine rings is 1. The van der Waals surface area contributed by atoms with Crippen LogP contribution in [0.25, 0.3) is 0 Å². The van der Waals surface area contributed by atoms with Gasteiger partial charge in [-0.15, -0.1) is 0 Å². The van der Waals surface area contributed by atoms with Gasteiger partial charge in [0.1, 0.15) is 0 Å². The SMILES string of the molecule is CC(=O)N1CCCC(C(=O)NCCSCc2nc[nH]c2C)C1. The summed E-state index contributed by atoms with van der Waals surface area (Å²) in [5, 5.41) is 2.98. The minimum absolute atomic E-state index is 0.0578. The quantitative estimate of drug-likeness (QED) is 0.774. The van der Waals surface area contributed by atoms with E-state index in [1.54, 1.807) is 29.9 Å². The highest BCUT2D eigenvalue weighted by Gasteiger charge is 2.26. The minimum Gasteiger partial charge on any atom is -0.355 e. The first-order valence-corrected chi connectivity index (χ1v) is 8.83.